The van der Waals surface area contributed by atoms with Crippen LogP contribution in [0.4, 0.5) is 0 Å². The molecule has 0 aliphatic carbocycles. The number of hydrogen-bond donors (Lipinski definition) is 2. The van der Waals surface area contributed by atoms with Crippen LogP contribution in [0.1, 0.15) is 26.2 Å². The molecule has 0 unspecified atom stereocenters. The van der Waals surface area contributed by atoms with Gasteiger partial charge in [-0.05, 0) is 18.6 Å². The number of rotatable bonds is 4. The largest absolute Gasteiger partial charge is 0.516 e. The SMILES string of the molecule is CCCC/C(O)=C/C=C/O. The summed E-state index contributed by atoms with van der Waals surface area (Å²) < 4.78 is 0. The molecule has 0 fully saturated rings. The van der Waals surface area contributed by atoms with Crippen LogP contribution in [0.2, 0.25) is 0 Å². The lowest BCUT2D eigenvalue weighted by Crippen LogP contribution is -1.79. The third kappa shape index (κ3) is 5.22. The molecule has 0 aromatic carbocycles. The summed E-state index contributed by atoms with van der Waals surface area (Å²) in [5.41, 5.74) is 0. The Labute approximate surface area is 61.5 Å². The molecule has 0 heterocycles. The van der Waals surface area contributed by atoms with Gasteiger partial charge in [0.2, 0.25) is 0 Å². The van der Waals surface area contributed by atoms with Crippen LogP contribution in [0, 0.1) is 0 Å². The molecule has 2 heteroatoms. The van der Waals surface area contributed by atoms with E-state index in [1.807, 2.05) is 0 Å². The van der Waals surface area contributed by atoms with Crippen LogP contribution in [-0.4, -0.2) is 10.2 Å². The van der Waals surface area contributed by atoms with E-state index in [1.165, 1.54) is 12.2 Å². The minimum absolute atomic E-state index is 0.326. The van der Waals surface area contributed by atoms with E-state index < -0.39 is 0 Å². The summed E-state index contributed by atoms with van der Waals surface area (Å²) >= 11 is 0. The quantitative estimate of drug-likeness (QED) is 0.468. The highest BCUT2D eigenvalue weighted by Crippen LogP contribution is 2.02. The highest BCUT2D eigenvalue weighted by atomic mass is 16.3. The molecule has 58 valence electrons. The summed E-state index contributed by atoms with van der Waals surface area (Å²) in [6.07, 6.45) is 6.56. The average Bonchev–Trinajstić information content (AvgIpc) is 1.97. The maximum atomic E-state index is 9.01. The normalized spacial score (nSPS) is 12.7. The van der Waals surface area contributed by atoms with Gasteiger partial charge >= 0.3 is 0 Å². The van der Waals surface area contributed by atoms with Gasteiger partial charge in [0.25, 0.3) is 0 Å². The van der Waals surface area contributed by atoms with E-state index in [2.05, 4.69) is 6.92 Å². The van der Waals surface area contributed by atoms with Crippen LogP contribution in [0.5, 0.6) is 0 Å². The first-order valence-corrected chi connectivity index (χ1v) is 3.50. The Bertz CT molecular complexity index is 125. The van der Waals surface area contributed by atoms with Crippen LogP contribution < -0.4 is 0 Å². The molecule has 0 rings (SSSR count). The van der Waals surface area contributed by atoms with Crippen molar-refractivity contribution in [2.45, 2.75) is 26.2 Å². The van der Waals surface area contributed by atoms with E-state index in [0.29, 0.717) is 12.2 Å². The van der Waals surface area contributed by atoms with Crippen LogP contribution in [0.25, 0.3) is 0 Å². The highest BCUT2D eigenvalue weighted by Gasteiger charge is 1.88. The fourth-order valence-electron chi connectivity index (χ4n) is 0.595. The van der Waals surface area contributed by atoms with Crippen molar-refractivity contribution in [3.63, 3.8) is 0 Å². The Kier molecular flexibility index (Phi) is 5.63. The molecule has 0 radical (unpaired) electrons. The van der Waals surface area contributed by atoms with Gasteiger partial charge in [-0.15, -0.1) is 0 Å². The van der Waals surface area contributed by atoms with Crippen LogP contribution >= 0.6 is 0 Å². The lowest BCUT2D eigenvalue weighted by molar-refractivity contribution is 0.383. The van der Waals surface area contributed by atoms with Gasteiger partial charge in [-0.25, -0.2) is 0 Å². The summed E-state index contributed by atoms with van der Waals surface area (Å²) in [6, 6.07) is 0. The summed E-state index contributed by atoms with van der Waals surface area (Å²) in [6.45, 7) is 2.06. The molecule has 0 aliphatic rings. The molecule has 2 N–H and O–H groups in total. The first kappa shape index (κ1) is 9.08. The lowest BCUT2D eigenvalue weighted by Gasteiger charge is -1.94. The molecule has 2 nitrogen and oxygen atoms in total. The van der Waals surface area contributed by atoms with Crippen LogP contribution in [-0.2, 0) is 0 Å². The van der Waals surface area contributed by atoms with Crippen molar-refractivity contribution in [3.8, 4) is 0 Å². The number of hydrogen-bond acceptors (Lipinski definition) is 2. The fourth-order valence-corrected chi connectivity index (χ4v) is 0.595. The van der Waals surface area contributed by atoms with Gasteiger partial charge in [0.15, 0.2) is 0 Å². The zero-order valence-corrected chi connectivity index (χ0v) is 6.25. The van der Waals surface area contributed by atoms with Gasteiger partial charge in [0.1, 0.15) is 0 Å². The molecule has 0 saturated heterocycles. The zero-order chi connectivity index (χ0) is 7.82. The maximum Gasteiger partial charge on any atom is 0.0923 e. The molecule has 0 saturated carbocycles. The van der Waals surface area contributed by atoms with Crippen molar-refractivity contribution in [2.24, 2.45) is 0 Å². The van der Waals surface area contributed by atoms with Crippen molar-refractivity contribution < 1.29 is 10.2 Å². The van der Waals surface area contributed by atoms with Crippen molar-refractivity contribution in [1.82, 2.24) is 0 Å². The minimum atomic E-state index is 0.326. The topological polar surface area (TPSA) is 40.5 Å². The molecule has 0 aromatic rings. The monoisotopic (exact) mass is 142 g/mol. The first-order valence-electron chi connectivity index (χ1n) is 3.50. The van der Waals surface area contributed by atoms with Gasteiger partial charge in [-0.2, -0.15) is 0 Å². The molecule has 0 bridgehead atoms. The average molecular weight is 142 g/mol. The Morgan fingerprint density at radius 2 is 2.20 bits per heavy atom. The van der Waals surface area contributed by atoms with E-state index in [9.17, 15) is 0 Å². The number of unbranched alkanes of at least 4 members (excludes halogenated alkanes) is 1. The number of allylic oxidation sites excluding steroid dienone is 3. The summed E-state index contributed by atoms with van der Waals surface area (Å²) in [5, 5.41) is 17.2. The third-order valence-electron chi connectivity index (χ3n) is 1.16. The van der Waals surface area contributed by atoms with E-state index in [4.69, 9.17) is 10.2 Å². The van der Waals surface area contributed by atoms with Crippen molar-refractivity contribution in [1.29, 1.82) is 0 Å². The fraction of sp³-hybridized carbons (Fsp3) is 0.500. The smallest absolute Gasteiger partial charge is 0.0923 e. The third-order valence-corrected chi connectivity index (χ3v) is 1.16. The molecule has 0 aromatic heterocycles. The molecule has 0 aliphatic heterocycles. The van der Waals surface area contributed by atoms with Crippen LogP contribution in [0.15, 0.2) is 24.2 Å². The first-order chi connectivity index (χ1) is 4.81. The van der Waals surface area contributed by atoms with Gasteiger partial charge in [-0.3, -0.25) is 0 Å². The molecular weight excluding hydrogens is 128 g/mol. The van der Waals surface area contributed by atoms with Crippen molar-refractivity contribution in [3.05, 3.63) is 24.2 Å². The van der Waals surface area contributed by atoms with Crippen LogP contribution in [0.3, 0.4) is 0 Å². The predicted molar refractivity (Wildman–Crippen MR) is 42.0 cm³/mol. The second kappa shape index (κ2) is 6.20. The van der Waals surface area contributed by atoms with E-state index >= 15 is 0 Å². The second-order valence-corrected chi connectivity index (χ2v) is 2.10. The standard InChI is InChI=1S/C8H14O2/c1-2-3-5-8(10)6-4-7-9/h4,6-7,9-10H,2-3,5H2,1H3/b7-4+,8-6-. The van der Waals surface area contributed by atoms with Gasteiger partial charge < -0.3 is 10.2 Å². The van der Waals surface area contributed by atoms with Gasteiger partial charge in [0, 0.05) is 6.42 Å². The second-order valence-electron chi connectivity index (χ2n) is 2.10. The number of aliphatic hydroxyl groups is 2. The minimum Gasteiger partial charge on any atom is -0.516 e. The van der Waals surface area contributed by atoms with Gasteiger partial charge in [0.05, 0.1) is 12.0 Å². The summed E-state index contributed by atoms with van der Waals surface area (Å²) in [7, 11) is 0. The molecule has 0 atom stereocenters. The highest BCUT2D eigenvalue weighted by molar-refractivity contribution is 5.03. The molecule has 10 heavy (non-hydrogen) atoms. The summed E-state index contributed by atoms with van der Waals surface area (Å²) in [5.74, 6) is 0.326. The van der Waals surface area contributed by atoms with E-state index in [1.54, 1.807) is 0 Å². The predicted octanol–water partition coefficient (Wildman–Crippen LogP) is 2.69. The molecular formula is C8H14O2. The lowest BCUT2D eigenvalue weighted by atomic mass is 10.2. The Morgan fingerprint density at radius 3 is 2.70 bits per heavy atom. The molecule has 0 spiro atoms. The number of aliphatic hydroxyl groups excluding tert-OH is 2. The molecule has 0 amide bonds. The Balaban J connectivity index is 3.49. The maximum absolute atomic E-state index is 9.01. The van der Waals surface area contributed by atoms with E-state index in [-0.39, 0.29) is 0 Å². The van der Waals surface area contributed by atoms with Gasteiger partial charge in [-0.1, -0.05) is 13.3 Å². The van der Waals surface area contributed by atoms with Crippen molar-refractivity contribution in [2.75, 3.05) is 0 Å². The van der Waals surface area contributed by atoms with Crippen molar-refractivity contribution >= 4 is 0 Å². The summed E-state index contributed by atoms with van der Waals surface area (Å²) in [4.78, 5) is 0. The Morgan fingerprint density at radius 1 is 1.50 bits per heavy atom. The zero-order valence-electron chi connectivity index (χ0n) is 6.25. The Hall–Kier alpha value is -0.920. The van der Waals surface area contributed by atoms with E-state index in [0.717, 1.165) is 19.1 Å².